The highest BCUT2D eigenvalue weighted by Crippen LogP contribution is 2.29. The lowest BCUT2D eigenvalue weighted by Crippen LogP contribution is -2.37. The second-order valence-corrected chi connectivity index (χ2v) is 6.61. The number of nitrogens with zero attached hydrogens (tertiary/aromatic N) is 2. The average Bonchev–Trinajstić information content (AvgIpc) is 2.71. The van der Waals surface area contributed by atoms with E-state index in [1.165, 1.54) is 28.5 Å². The first-order valence-electron chi connectivity index (χ1n) is 7.40. The third kappa shape index (κ3) is 4.46. The maximum Gasteiger partial charge on any atom is 0.186 e. The zero-order chi connectivity index (χ0) is 14.4. The normalized spacial score (nSPS) is 11.6. The molecule has 3 nitrogen and oxygen atoms in total. The van der Waals surface area contributed by atoms with Crippen LogP contribution in [0.1, 0.15) is 51.1 Å². The number of aromatic nitrogens is 1. The lowest BCUT2D eigenvalue weighted by atomic mass is 10.1. The summed E-state index contributed by atoms with van der Waals surface area (Å²) >= 11 is 1.85. The number of hydrogen-bond donors (Lipinski definition) is 1. The summed E-state index contributed by atoms with van der Waals surface area (Å²) in [7, 11) is 1.99. The van der Waals surface area contributed by atoms with Crippen LogP contribution < -0.4 is 10.2 Å². The van der Waals surface area contributed by atoms with E-state index in [2.05, 4.69) is 44.8 Å². The summed E-state index contributed by atoms with van der Waals surface area (Å²) in [5.41, 5.74) is 1.18. The van der Waals surface area contributed by atoms with Gasteiger partial charge in [-0.3, -0.25) is 0 Å². The Morgan fingerprint density at radius 2 is 1.89 bits per heavy atom. The van der Waals surface area contributed by atoms with E-state index in [0.717, 1.165) is 13.1 Å². The first-order chi connectivity index (χ1) is 9.03. The maximum absolute atomic E-state index is 4.80. The van der Waals surface area contributed by atoms with Crippen LogP contribution in [0.15, 0.2) is 0 Å². The predicted octanol–water partition coefficient (Wildman–Crippen LogP) is 3.82. The van der Waals surface area contributed by atoms with Crippen LogP contribution in [0.25, 0.3) is 0 Å². The van der Waals surface area contributed by atoms with Crippen LogP contribution in [0, 0.1) is 12.8 Å². The quantitative estimate of drug-likeness (QED) is 0.786. The Bertz CT molecular complexity index is 369. The van der Waals surface area contributed by atoms with E-state index in [1.807, 2.05) is 18.4 Å². The van der Waals surface area contributed by atoms with E-state index in [9.17, 15) is 0 Å². The number of thiazole rings is 1. The molecule has 1 rings (SSSR count). The number of anilines is 1. The molecule has 0 aromatic carbocycles. The maximum atomic E-state index is 4.80. The van der Waals surface area contributed by atoms with Crippen LogP contribution in [-0.4, -0.2) is 24.6 Å². The lowest BCUT2D eigenvalue weighted by molar-refractivity contribution is 0.506. The van der Waals surface area contributed by atoms with Gasteiger partial charge >= 0.3 is 0 Å². The molecule has 0 atom stereocenters. The SMILES string of the molecule is CCC(CC)N(CC(C)C)c1nc(C)c(CNC)s1. The highest BCUT2D eigenvalue weighted by molar-refractivity contribution is 7.15. The van der Waals surface area contributed by atoms with Crippen molar-refractivity contribution in [3.8, 4) is 0 Å². The minimum atomic E-state index is 0.607. The van der Waals surface area contributed by atoms with Gasteiger partial charge < -0.3 is 10.2 Å². The molecule has 0 bridgehead atoms. The Balaban J connectivity index is 2.99. The summed E-state index contributed by atoms with van der Waals surface area (Å²) in [6.45, 7) is 13.2. The van der Waals surface area contributed by atoms with Gasteiger partial charge in [-0.2, -0.15) is 0 Å². The first-order valence-corrected chi connectivity index (χ1v) is 8.22. The van der Waals surface area contributed by atoms with Crippen molar-refractivity contribution < 1.29 is 0 Å². The average molecular weight is 283 g/mol. The van der Waals surface area contributed by atoms with Gasteiger partial charge in [-0.1, -0.05) is 27.7 Å². The highest BCUT2D eigenvalue weighted by Gasteiger charge is 2.21. The topological polar surface area (TPSA) is 28.2 Å². The van der Waals surface area contributed by atoms with Gasteiger partial charge in [0.25, 0.3) is 0 Å². The smallest absolute Gasteiger partial charge is 0.186 e. The van der Waals surface area contributed by atoms with E-state index in [4.69, 9.17) is 4.98 Å². The fourth-order valence-corrected chi connectivity index (χ4v) is 3.52. The van der Waals surface area contributed by atoms with Crippen molar-refractivity contribution in [2.24, 2.45) is 5.92 Å². The third-order valence-electron chi connectivity index (χ3n) is 3.41. The van der Waals surface area contributed by atoms with E-state index in [-0.39, 0.29) is 0 Å². The minimum absolute atomic E-state index is 0.607. The van der Waals surface area contributed by atoms with E-state index < -0.39 is 0 Å². The molecule has 0 radical (unpaired) electrons. The molecule has 1 heterocycles. The van der Waals surface area contributed by atoms with Gasteiger partial charge in [-0.25, -0.2) is 4.98 Å². The van der Waals surface area contributed by atoms with Crippen molar-refractivity contribution >= 4 is 16.5 Å². The molecule has 4 heteroatoms. The molecule has 0 aliphatic heterocycles. The van der Waals surface area contributed by atoms with Gasteiger partial charge in [-0.05, 0) is 32.7 Å². The van der Waals surface area contributed by atoms with Crippen LogP contribution in [0.2, 0.25) is 0 Å². The van der Waals surface area contributed by atoms with Gasteiger partial charge in [0.2, 0.25) is 0 Å². The van der Waals surface area contributed by atoms with Gasteiger partial charge in [0.05, 0.1) is 5.69 Å². The number of hydrogen-bond acceptors (Lipinski definition) is 4. The molecule has 0 saturated carbocycles. The second kappa shape index (κ2) is 7.85. The molecule has 0 spiro atoms. The molecule has 0 amide bonds. The Morgan fingerprint density at radius 3 is 2.37 bits per heavy atom. The van der Waals surface area contributed by atoms with Crippen LogP contribution in [0.5, 0.6) is 0 Å². The van der Waals surface area contributed by atoms with Crippen molar-refractivity contribution in [3.05, 3.63) is 10.6 Å². The summed E-state index contributed by atoms with van der Waals surface area (Å²) in [4.78, 5) is 8.68. The number of aryl methyl sites for hydroxylation is 1. The minimum Gasteiger partial charge on any atom is -0.345 e. The molecule has 1 aromatic heterocycles. The Labute approximate surface area is 122 Å². The van der Waals surface area contributed by atoms with Crippen LogP contribution in [-0.2, 0) is 6.54 Å². The fourth-order valence-electron chi connectivity index (χ4n) is 2.37. The number of rotatable bonds is 8. The number of nitrogens with one attached hydrogen (secondary N) is 1. The molecule has 0 saturated heterocycles. The monoisotopic (exact) mass is 283 g/mol. The van der Waals surface area contributed by atoms with Crippen molar-refractivity contribution in [2.75, 3.05) is 18.5 Å². The summed E-state index contributed by atoms with van der Waals surface area (Å²) in [5, 5.41) is 4.43. The molecule has 110 valence electrons. The molecule has 0 unspecified atom stereocenters. The summed E-state index contributed by atoms with van der Waals surface area (Å²) in [5.74, 6) is 0.664. The van der Waals surface area contributed by atoms with Gasteiger partial charge in [0.15, 0.2) is 5.13 Å². The molecular formula is C15H29N3S. The van der Waals surface area contributed by atoms with Crippen molar-refractivity contribution in [3.63, 3.8) is 0 Å². The third-order valence-corrected chi connectivity index (χ3v) is 4.60. The van der Waals surface area contributed by atoms with Crippen LogP contribution >= 0.6 is 11.3 Å². The molecule has 0 fully saturated rings. The zero-order valence-corrected chi connectivity index (χ0v) is 14.1. The molecule has 0 aliphatic carbocycles. The fraction of sp³-hybridized carbons (Fsp3) is 0.800. The molecule has 1 N–H and O–H groups in total. The summed E-state index contributed by atoms with van der Waals surface area (Å²) in [6.07, 6.45) is 2.37. The largest absolute Gasteiger partial charge is 0.345 e. The lowest BCUT2D eigenvalue weighted by Gasteiger charge is -2.31. The highest BCUT2D eigenvalue weighted by atomic mass is 32.1. The Hall–Kier alpha value is -0.610. The Kier molecular flexibility index (Phi) is 6.80. The summed E-state index contributed by atoms with van der Waals surface area (Å²) < 4.78 is 0. The zero-order valence-electron chi connectivity index (χ0n) is 13.3. The molecule has 1 aromatic rings. The molecular weight excluding hydrogens is 254 g/mol. The first kappa shape index (κ1) is 16.4. The molecule has 19 heavy (non-hydrogen) atoms. The molecule has 0 aliphatic rings. The van der Waals surface area contributed by atoms with E-state index in [1.54, 1.807) is 0 Å². The van der Waals surface area contributed by atoms with Crippen molar-refractivity contribution in [2.45, 2.75) is 60.0 Å². The predicted molar refractivity (Wildman–Crippen MR) is 86.2 cm³/mol. The van der Waals surface area contributed by atoms with E-state index in [0.29, 0.717) is 12.0 Å². The van der Waals surface area contributed by atoms with Crippen LogP contribution in [0.4, 0.5) is 5.13 Å². The van der Waals surface area contributed by atoms with Crippen molar-refractivity contribution in [1.29, 1.82) is 0 Å². The van der Waals surface area contributed by atoms with Gasteiger partial charge in [0, 0.05) is 24.0 Å². The van der Waals surface area contributed by atoms with Crippen LogP contribution in [0.3, 0.4) is 0 Å². The summed E-state index contributed by atoms with van der Waals surface area (Å²) in [6, 6.07) is 0.607. The van der Waals surface area contributed by atoms with E-state index >= 15 is 0 Å². The standard InChI is InChI=1S/C15H29N3S/c1-7-13(8-2)18(10-11(3)4)15-17-12(5)14(19-15)9-16-6/h11,13,16H,7-10H2,1-6H3. The van der Waals surface area contributed by atoms with Gasteiger partial charge in [0.1, 0.15) is 0 Å². The second-order valence-electron chi connectivity index (χ2n) is 5.55. The van der Waals surface area contributed by atoms with Gasteiger partial charge in [-0.15, -0.1) is 11.3 Å². The Morgan fingerprint density at radius 1 is 1.26 bits per heavy atom. The van der Waals surface area contributed by atoms with Crippen molar-refractivity contribution in [1.82, 2.24) is 10.3 Å².